The third-order valence-corrected chi connectivity index (χ3v) is 3.84. The van der Waals surface area contributed by atoms with Crippen LogP contribution in [-0.4, -0.2) is 25.1 Å². The van der Waals surface area contributed by atoms with E-state index in [4.69, 9.17) is 9.47 Å². The Morgan fingerprint density at radius 1 is 1.19 bits per heavy atom. The van der Waals surface area contributed by atoms with Gasteiger partial charge in [-0.15, -0.1) is 0 Å². The number of amides is 1. The molecule has 0 heterocycles. The Kier molecular flexibility index (Phi) is 7.11. The Labute approximate surface area is 157 Å². The summed E-state index contributed by atoms with van der Waals surface area (Å²) < 4.78 is 23.5. The molecule has 27 heavy (non-hydrogen) atoms. The number of aryl methyl sites for hydroxylation is 1. The molecule has 0 spiro atoms. The van der Waals surface area contributed by atoms with Crippen LogP contribution in [0.3, 0.4) is 0 Å². The highest BCUT2D eigenvalue weighted by Crippen LogP contribution is 2.18. The second kappa shape index (κ2) is 9.52. The van der Waals surface area contributed by atoms with E-state index in [1.54, 1.807) is 6.07 Å². The molecule has 5 nitrogen and oxygen atoms in total. The average Bonchev–Trinajstić information content (AvgIpc) is 2.65. The van der Waals surface area contributed by atoms with E-state index >= 15 is 0 Å². The summed E-state index contributed by atoms with van der Waals surface area (Å²) in [5.74, 6) is -1.50. The Hall–Kier alpha value is -3.15. The van der Waals surface area contributed by atoms with Gasteiger partial charge in [-0.1, -0.05) is 35.9 Å². The van der Waals surface area contributed by atoms with E-state index < -0.39 is 23.8 Å². The van der Waals surface area contributed by atoms with Gasteiger partial charge in [0.15, 0.2) is 17.7 Å². The summed E-state index contributed by atoms with van der Waals surface area (Å²) in [6.45, 7) is 3.82. The SMILES string of the molecule is COc1ccc(/C=C/C(=O)O[C@H](C)C(=O)NCc2ccc(C)cc2)cc1F. The van der Waals surface area contributed by atoms with Crippen molar-refractivity contribution in [3.05, 3.63) is 71.0 Å². The number of hydrogen-bond donors (Lipinski definition) is 1. The molecule has 0 bridgehead atoms. The van der Waals surface area contributed by atoms with Crippen molar-refractivity contribution in [1.29, 1.82) is 0 Å². The van der Waals surface area contributed by atoms with Crippen molar-refractivity contribution in [3.63, 3.8) is 0 Å². The van der Waals surface area contributed by atoms with Gasteiger partial charge in [-0.05, 0) is 43.2 Å². The molecule has 6 heteroatoms. The number of ether oxygens (including phenoxy) is 2. The fraction of sp³-hybridized carbons (Fsp3) is 0.238. The number of hydrogen-bond acceptors (Lipinski definition) is 4. The minimum absolute atomic E-state index is 0.119. The van der Waals surface area contributed by atoms with Crippen molar-refractivity contribution in [2.75, 3.05) is 7.11 Å². The number of esters is 1. The third-order valence-electron chi connectivity index (χ3n) is 3.84. The van der Waals surface area contributed by atoms with Crippen LogP contribution in [0.2, 0.25) is 0 Å². The lowest BCUT2D eigenvalue weighted by Crippen LogP contribution is -2.35. The van der Waals surface area contributed by atoms with Gasteiger partial charge in [0.05, 0.1) is 7.11 Å². The normalized spacial score (nSPS) is 11.9. The molecule has 0 radical (unpaired) electrons. The summed E-state index contributed by atoms with van der Waals surface area (Å²) in [6.07, 6.45) is 1.60. The van der Waals surface area contributed by atoms with Gasteiger partial charge in [0.25, 0.3) is 5.91 Å². The fourth-order valence-electron chi connectivity index (χ4n) is 2.26. The maximum Gasteiger partial charge on any atom is 0.331 e. The van der Waals surface area contributed by atoms with Gasteiger partial charge in [0.2, 0.25) is 0 Å². The molecule has 1 amide bonds. The molecule has 1 N–H and O–H groups in total. The highest BCUT2D eigenvalue weighted by Gasteiger charge is 2.16. The number of rotatable bonds is 7. The van der Waals surface area contributed by atoms with E-state index in [1.807, 2.05) is 31.2 Å². The molecule has 142 valence electrons. The zero-order chi connectivity index (χ0) is 19.8. The van der Waals surface area contributed by atoms with Crippen molar-refractivity contribution < 1.29 is 23.5 Å². The van der Waals surface area contributed by atoms with E-state index in [2.05, 4.69) is 5.32 Å². The molecule has 0 aliphatic heterocycles. The van der Waals surface area contributed by atoms with Crippen LogP contribution in [0.5, 0.6) is 5.75 Å². The molecule has 0 aliphatic rings. The minimum Gasteiger partial charge on any atom is -0.494 e. The Morgan fingerprint density at radius 3 is 2.52 bits per heavy atom. The highest BCUT2D eigenvalue weighted by molar-refractivity contribution is 5.90. The van der Waals surface area contributed by atoms with E-state index in [1.165, 1.54) is 32.2 Å². The van der Waals surface area contributed by atoms with Crippen LogP contribution in [0.25, 0.3) is 6.08 Å². The second-order valence-electron chi connectivity index (χ2n) is 6.01. The molecule has 2 aromatic rings. The van der Waals surface area contributed by atoms with Crippen LogP contribution in [-0.2, 0) is 20.9 Å². The average molecular weight is 371 g/mol. The van der Waals surface area contributed by atoms with Crippen molar-refractivity contribution >= 4 is 18.0 Å². The first-order chi connectivity index (χ1) is 12.9. The Balaban J connectivity index is 1.84. The molecular formula is C21H22FNO4. The lowest BCUT2D eigenvalue weighted by molar-refractivity contribution is -0.150. The summed E-state index contributed by atoms with van der Waals surface area (Å²) >= 11 is 0. The van der Waals surface area contributed by atoms with Gasteiger partial charge in [-0.2, -0.15) is 0 Å². The molecule has 0 aromatic heterocycles. The summed E-state index contributed by atoms with van der Waals surface area (Å²) in [4.78, 5) is 23.9. The first-order valence-electron chi connectivity index (χ1n) is 8.44. The monoisotopic (exact) mass is 371 g/mol. The van der Waals surface area contributed by atoms with Crippen molar-refractivity contribution in [3.8, 4) is 5.75 Å². The minimum atomic E-state index is -0.944. The molecule has 0 saturated carbocycles. The molecule has 2 aromatic carbocycles. The second-order valence-corrected chi connectivity index (χ2v) is 6.01. The fourth-order valence-corrected chi connectivity index (χ4v) is 2.26. The Bertz CT molecular complexity index is 831. The topological polar surface area (TPSA) is 64.6 Å². The molecule has 0 fully saturated rings. The van der Waals surface area contributed by atoms with Gasteiger partial charge in [0.1, 0.15) is 0 Å². The first kappa shape index (κ1) is 20.2. The van der Waals surface area contributed by atoms with Crippen LogP contribution < -0.4 is 10.1 Å². The predicted molar refractivity (Wildman–Crippen MR) is 101 cm³/mol. The third kappa shape index (κ3) is 6.26. The van der Waals surface area contributed by atoms with Gasteiger partial charge in [-0.25, -0.2) is 9.18 Å². The largest absolute Gasteiger partial charge is 0.494 e. The van der Waals surface area contributed by atoms with Gasteiger partial charge >= 0.3 is 5.97 Å². The number of halogens is 1. The zero-order valence-electron chi connectivity index (χ0n) is 15.5. The Morgan fingerprint density at radius 2 is 1.89 bits per heavy atom. The standard InChI is InChI=1S/C21H22FNO4/c1-14-4-6-17(7-5-14)13-23-21(25)15(2)27-20(24)11-9-16-8-10-19(26-3)18(22)12-16/h4-12,15H,13H2,1-3H3,(H,23,25)/b11-9+/t15-/m1/s1. The van der Waals surface area contributed by atoms with Crippen LogP contribution >= 0.6 is 0 Å². The van der Waals surface area contributed by atoms with Crippen LogP contribution in [0, 0.1) is 12.7 Å². The first-order valence-corrected chi connectivity index (χ1v) is 8.44. The number of carbonyl (C=O) groups is 2. The maximum absolute atomic E-state index is 13.6. The molecule has 2 rings (SSSR count). The van der Waals surface area contributed by atoms with E-state index in [-0.39, 0.29) is 5.75 Å². The summed E-state index contributed by atoms with van der Waals surface area (Å²) in [5.41, 5.74) is 2.56. The number of benzene rings is 2. The lowest BCUT2D eigenvalue weighted by Gasteiger charge is -2.12. The number of methoxy groups -OCH3 is 1. The smallest absolute Gasteiger partial charge is 0.331 e. The summed E-state index contributed by atoms with van der Waals surface area (Å²) in [7, 11) is 1.37. The van der Waals surface area contributed by atoms with Crippen LogP contribution in [0.1, 0.15) is 23.6 Å². The van der Waals surface area contributed by atoms with Crippen LogP contribution in [0.4, 0.5) is 4.39 Å². The van der Waals surface area contributed by atoms with Crippen molar-refractivity contribution in [2.24, 2.45) is 0 Å². The number of nitrogens with one attached hydrogen (secondary N) is 1. The maximum atomic E-state index is 13.6. The molecule has 0 unspecified atom stereocenters. The predicted octanol–water partition coefficient (Wildman–Crippen LogP) is 3.40. The quantitative estimate of drug-likeness (QED) is 0.598. The zero-order valence-corrected chi connectivity index (χ0v) is 15.5. The van der Waals surface area contributed by atoms with E-state index in [0.29, 0.717) is 12.1 Å². The number of carbonyl (C=O) groups excluding carboxylic acids is 2. The van der Waals surface area contributed by atoms with Gasteiger partial charge in [0, 0.05) is 12.6 Å². The molecule has 0 aliphatic carbocycles. The van der Waals surface area contributed by atoms with Gasteiger partial charge < -0.3 is 14.8 Å². The van der Waals surface area contributed by atoms with Crippen molar-refractivity contribution in [2.45, 2.75) is 26.5 Å². The van der Waals surface area contributed by atoms with Crippen molar-refractivity contribution in [1.82, 2.24) is 5.32 Å². The molecule has 0 saturated heterocycles. The van der Waals surface area contributed by atoms with E-state index in [9.17, 15) is 14.0 Å². The molecular weight excluding hydrogens is 349 g/mol. The highest BCUT2D eigenvalue weighted by atomic mass is 19.1. The lowest BCUT2D eigenvalue weighted by atomic mass is 10.1. The van der Waals surface area contributed by atoms with E-state index in [0.717, 1.165) is 17.2 Å². The summed E-state index contributed by atoms with van der Waals surface area (Å²) in [6, 6.07) is 12.0. The summed E-state index contributed by atoms with van der Waals surface area (Å²) in [5, 5.41) is 2.71. The van der Waals surface area contributed by atoms with Crippen LogP contribution in [0.15, 0.2) is 48.5 Å². The van der Waals surface area contributed by atoms with Gasteiger partial charge in [-0.3, -0.25) is 4.79 Å². The molecule has 1 atom stereocenters.